The first kappa shape index (κ1) is 17.5. The van der Waals surface area contributed by atoms with E-state index in [1.165, 1.54) is 30.3 Å². The molecule has 0 unspecified atom stereocenters. The topological polar surface area (TPSA) is 85.9 Å². The zero-order valence-electron chi connectivity index (χ0n) is 13.3. The molecule has 3 rings (SSSR count). The second-order valence-corrected chi connectivity index (χ2v) is 5.20. The maximum Gasteiger partial charge on any atom is 0.387 e. The molecule has 0 bridgehead atoms. The number of alkyl halides is 2. The number of benzene rings is 2. The number of hydrogen-bond acceptors (Lipinski definition) is 5. The van der Waals surface area contributed by atoms with Crippen LogP contribution >= 0.6 is 0 Å². The summed E-state index contributed by atoms with van der Waals surface area (Å²) in [4.78, 5) is 24.0. The number of rotatable bonds is 6. The van der Waals surface area contributed by atoms with Gasteiger partial charge in [0.15, 0.2) is 11.5 Å². The van der Waals surface area contributed by atoms with Crippen LogP contribution in [-0.2, 0) is 4.79 Å². The third-order valence-corrected chi connectivity index (χ3v) is 3.41. The van der Waals surface area contributed by atoms with Crippen molar-refractivity contribution in [1.29, 1.82) is 0 Å². The average molecular weight is 364 g/mol. The van der Waals surface area contributed by atoms with Gasteiger partial charge in [-0.3, -0.25) is 9.59 Å². The Morgan fingerprint density at radius 1 is 1.08 bits per heavy atom. The molecule has 26 heavy (non-hydrogen) atoms. The van der Waals surface area contributed by atoms with Gasteiger partial charge in [0, 0.05) is 11.3 Å². The molecule has 0 atom stereocenters. The number of ether oxygens (including phenoxy) is 3. The largest absolute Gasteiger partial charge is 0.454 e. The normalized spacial score (nSPS) is 12.0. The number of carbonyl (C=O) groups excluding carboxylic acids is 2. The highest BCUT2D eigenvalue weighted by Crippen LogP contribution is 2.32. The van der Waals surface area contributed by atoms with Crippen LogP contribution in [0.25, 0.3) is 0 Å². The molecular formula is C17H14F2N2O5. The van der Waals surface area contributed by atoms with Gasteiger partial charge in [-0.2, -0.15) is 8.78 Å². The molecule has 0 saturated heterocycles. The van der Waals surface area contributed by atoms with E-state index in [0.29, 0.717) is 22.7 Å². The van der Waals surface area contributed by atoms with Crippen molar-refractivity contribution in [2.24, 2.45) is 0 Å². The van der Waals surface area contributed by atoms with Gasteiger partial charge in [-0.25, -0.2) is 0 Å². The summed E-state index contributed by atoms with van der Waals surface area (Å²) >= 11 is 0. The second-order valence-electron chi connectivity index (χ2n) is 5.20. The minimum absolute atomic E-state index is 0.0193. The molecule has 1 aliphatic rings. The van der Waals surface area contributed by atoms with Crippen LogP contribution in [0.1, 0.15) is 10.4 Å². The van der Waals surface area contributed by atoms with Crippen LogP contribution in [0.4, 0.5) is 14.5 Å². The van der Waals surface area contributed by atoms with Gasteiger partial charge in [0.1, 0.15) is 5.75 Å². The lowest BCUT2D eigenvalue weighted by Crippen LogP contribution is -2.32. The Bertz CT molecular complexity index is 811. The van der Waals surface area contributed by atoms with E-state index in [1.54, 1.807) is 12.1 Å². The molecule has 0 aromatic heterocycles. The fourth-order valence-corrected chi connectivity index (χ4v) is 2.23. The van der Waals surface area contributed by atoms with Crippen molar-refractivity contribution in [1.82, 2.24) is 5.32 Å². The third-order valence-electron chi connectivity index (χ3n) is 3.41. The average Bonchev–Trinajstić information content (AvgIpc) is 3.08. The molecule has 2 aromatic carbocycles. The zero-order valence-corrected chi connectivity index (χ0v) is 13.3. The van der Waals surface area contributed by atoms with E-state index in [9.17, 15) is 18.4 Å². The number of nitrogens with one attached hydrogen (secondary N) is 2. The Morgan fingerprint density at radius 2 is 1.81 bits per heavy atom. The Kier molecular flexibility index (Phi) is 5.16. The van der Waals surface area contributed by atoms with Crippen LogP contribution in [-0.4, -0.2) is 31.8 Å². The number of halogens is 2. The lowest BCUT2D eigenvalue weighted by molar-refractivity contribution is -0.115. The summed E-state index contributed by atoms with van der Waals surface area (Å²) in [6.07, 6.45) is 0. The summed E-state index contributed by atoms with van der Waals surface area (Å²) in [7, 11) is 0. The Balaban J connectivity index is 1.50. The van der Waals surface area contributed by atoms with E-state index in [2.05, 4.69) is 15.4 Å². The van der Waals surface area contributed by atoms with Crippen LogP contribution in [0.2, 0.25) is 0 Å². The van der Waals surface area contributed by atoms with Gasteiger partial charge in [-0.1, -0.05) is 0 Å². The molecule has 2 amide bonds. The van der Waals surface area contributed by atoms with Crippen LogP contribution < -0.4 is 24.8 Å². The zero-order chi connectivity index (χ0) is 18.5. The molecule has 0 spiro atoms. The number of anilines is 1. The fraction of sp³-hybridized carbons (Fsp3) is 0.176. The van der Waals surface area contributed by atoms with Crippen LogP contribution in [0, 0.1) is 0 Å². The van der Waals surface area contributed by atoms with Gasteiger partial charge in [0.25, 0.3) is 5.91 Å². The first-order valence-corrected chi connectivity index (χ1v) is 7.54. The quantitative estimate of drug-likeness (QED) is 0.822. The number of hydrogen-bond donors (Lipinski definition) is 2. The number of amides is 2. The molecule has 1 aliphatic heterocycles. The van der Waals surface area contributed by atoms with Crippen molar-refractivity contribution in [3.63, 3.8) is 0 Å². The summed E-state index contributed by atoms with van der Waals surface area (Å²) < 4.78 is 38.7. The van der Waals surface area contributed by atoms with Gasteiger partial charge >= 0.3 is 6.61 Å². The van der Waals surface area contributed by atoms with E-state index >= 15 is 0 Å². The lowest BCUT2D eigenvalue weighted by Gasteiger charge is -2.09. The fourth-order valence-electron chi connectivity index (χ4n) is 2.23. The highest BCUT2D eigenvalue weighted by Gasteiger charge is 2.16. The van der Waals surface area contributed by atoms with Crippen molar-refractivity contribution < 1.29 is 32.6 Å². The highest BCUT2D eigenvalue weighted by atomic mass is 19.3. The summed E-state index contributed by atoms with van der Waals surface area (Å²) in [5.74, 6) is 0.0848. The predicted molar refractivity (Wildman–Crippen MR) is 86.6 cm³/mol. The second kappa shape index (κ2) is 7.68. The predicted octanol–water partition coefficient (Wildman–Crippen LogP) is 2.39. The number of carbonyl (C=O) groups is 2. The minimum Gasteiger partial charge on any atom is -0.454 e. The maximum atomic E-state index is 12.1. The van der Waals surface area contributed by atoms with Crippen LogP contribution in [0.3, 0.4) is 0 Å². The monoisotopic (exact) mass is 364 g/mol. The molecular weight excluding hydrogens is 350 g/mol. The summed E-state index contributed by atoms with van der Waals surface area (Å²) in [6, 6.07) is 10.1. The van der Waals surface area contributed by atoms with E-state index in [1.807, 2.05) is 0 Å². The van der Waals surface area contributed by atoms with Crippen molar-refractivity contribution in [3.05, 3.63) is 48.0 Å². The molecule has 7 nitrogen and oxygen atoms in total. The van der Waals surface area contributed by atoms with E-state index in [0.717, 1.165) is 0 Å². The Labute approximate surface area is 146 Å². The van der Waals surface area contributed by atoms with E-state index < -0.39 is 18.4 Å². The van der Waals surface area contributed by atoms with Crippen molar-refractivity contribution in [2.45, 2.75) is 6.61 Å². The number of fused-ring (bicyclic) bond motifs is 1. The molecule has 2 aromatic rings. The van der Waals surface area contributed by atoms with Crippen LogP contribution in [0.15, 0.2) is 42.5 Å². The molecule has 0 radical (unpaired) electrons. The van der Waals surface area contributed by atoms with Gasteiger partial charge in [0.05, 0.1) is 6.54 Å². The van der Waals surface area contributed by atoms with Crippen molar-refractivity contribution >= 4 is 17.5 Å². The molecule has 0 fully saturated rings. The molecule has 0 aliphatic carbocycles. The molecule has 2 N–H and O–H groups in total. The summed E-state index contributed by atoms with van der Waals surface area (Å²) in [5.41, 5.74) is 0.712. The summed E-state index contributed by atoms with van der Waals surface area (Å²) in [5, 5.41) is 5.01. The summed E-state index contributed by atoms with van der Waals surface area (Å²) in [6.45, 7) is -3.08. The maximum absolute atomic E-state index is 12.1. The molecule has 9 heteroatoms. The van der Waals surface area contributed by atoms with Crippen molar-refractivity contribution in [2.75, 3.05) is 18.7 Å². The van der Waals surface area contributed by atoms with E-state index in [4.69, 9.17) is 9.47 Å². The van der Waals surface area contributed by atoms with Crippen molar-refractivity contribution in [3.8, 4) is 17.2 Å². The Hall–Kier alpha value is -3.36. The van der Waals surface area contributed by atoms with E-state index in [-0.39, 0.29) is 19.1 Å². The SMILES string of the molecule is O=C(CNC(=O)c1ccc2c(c1)OCO2)Nc1ccc(OC(F)F)cc1. The Morgan fingerprint density at radius 3 is 2.54 bits per heavy atom. The molecule has 1 heterocycles. The highest BCUT2D eigenvalue weighted by molar-refractivity contribution is 5.99. The van der Waals surface area contributed by atoms with Crippen LogP contribution in [0.5, 0.6) is 17.2 Å². The molecule has 0 saturated carbocycles. The lowest BCUT2D eigenvalue weighted by atomic mass is 10.2. The first-order chi connectivity index (χ1) is 12.5. The third kappa shape index (κ3) is 4.38. The standard InChI is InChI=1S/C17H14F2N2O5/c18-17(19)26-12-4-2-11(3-5-12)21-15(22)8-20-16(23)10-1-6-13-14(7-10)25-9-24-13/h1-7,17H,8-9H2,(H,20,23)(H,21,22). The van der Waals surface area contributed by atoms with Gasteiger partial charge in [-0.15, -0.1) is 0 Å². The van der Waals surface area contributed by atoms with Gasteiger partial charge < -0.3 is 24.8 Å². The first-order valence-electron chi connectivity index (χ1n) is 7.54. The molecule has 136 valence electrons. The smallest absolute Gasteiger partial charge is 0.387 e. The minimum atomic E-state index is -2.91. The van der Waals surface area contributed by atoms with Gasteiger partial charge in [0.2, 0.25) is 12.7 Å². The van der Waals surface area contributed by atoms with Gasteiger partial charge in [-0.05, 0) is 42.5 Å².